The minimum atomic E-state index is -3.86. The molecule has 0 unspecified atom stereocenters. The van der Waals surface area contributed by atoms with Crippen molar-refractivity contribution in [2.75, 3.05) is 26.7 Å². The molecule has 7 nitrogen and oxygen atoms in total. The Morgan fingerprint density at radius 1 is 1.29 bits per heavy atom. The number of carbonyl (C=O) groups excluding carboxylic acids is 1. The third kappa shape index (κ3) is 5.50. The Morgan fingerprint density at radius 3 is 2.71 bits per heavy atom. The summed E-state index contributed by atoms with van der Waals surface area (Å²) < 4.78 is 35.1. The number of amides is 1. The molecule has 1 aromatic rings. The van der Waals surface area contributed by atoms with Crippen molar-refractivity contribution in [1.29, 1.82) is 0 Å². The van der Waals surface area contributed by atoms with Gasteiger partial charge in [0.25, 0.3) is 0 Å². The zero-order valence-corrected chi connectivity index (χ0v) is 21.4. The van der Waals surface area contributed by atoms with E-state index in [2.05, 4.69) is 6.08 Å². The van der Waals surface area contributed by atoms with Gasteiger partial charge in [-0.15, -0.1) is 0 Å². The van der Waals surface area contributed by atoms with E-state index in [-0.39, 0.29) is 36.0 Å². The Morgan fingerprint density at radius 2 is 2.06 bits per heavy atom. The summed E-state index contributed by atoms with van der Waals surface area (Å²) in [5.74, 6) is 0.767. The fraction of sp³-hybridized carbons (Fsp3) is 0.654. The average molecular weight is 491 g/mol. The van der Waals surface area contributed by atoms with Crippen LogP contribution in [0.15, 0.2) is 29.2 Å². The first kappa shape index (κ1) is 25.2. The number of fused-ring (bicyclic) bond motifs is 1. The van der Waals surface area contributed by atoms with Gasteiger partial charge in [-0.25, -0.2) is 8.42 Å². The number of hydrogen-bond donors (Lipinski definition) is 1. The molecule has 3 atom stereocenters. The second-order valence-electron chi connectivity index (χ2n) is 10.3. The van der Waals surface area contributed by atoms with Crippen LogP contribution < -0.4 is 4.74 Å². The molecule has 0 saturated heterocycles. The van der Waals surface area contributed by atoms with Crippen LogP contribution in [0.1, 0.15) is 64.4 Å². The lowest BCUT2D eigenvalue weighted by molar-refractivity contribution is -0.131. The summed E-state index contributed by atoms with van der Waals surface area (Å²) >= 11 is 0. The van der Waals surface area contributed by atoms with E-state index >= 15 is 0 Å². The summed E-state index contributed by atoms with van der Waals surface area (Å²) in [4.78, 5) is 14.5. The highest BCUT2D eigenvalue weighted by molar-refractivity contribution is 7.89. The van der Waals surface area contributed by atoms with Gasteiger partial charge in [0.2, 0.25) is 15.9 Å². The van der Waals surface area contributed by atoms with Gasteiger partial charge < -0.3 is 14.7 Å². The predicted octanol–water partition coefficient (Wildman–Crippen LogP) is 3.67. The van der Waals surface area contributed by atoms with Gasteiger partial charge in [-0.3, -0.25) is 4.79 Å². The monoisotopic (exact) mass is 490 g/mol. The van der Waals surface area contributed by atoms with E-state index in [4.69, 9.17) is 4.74 Å². The van der Waals surface area contributed by atoms with Gasteiger partial charge in [-0.1, -0.05) is 19.1 Å². The van der Waals surface area contributed by atoms with Gasteiger partial charge in [-0.05, 0) is 74.6 Å². The van der Waals surface area contributed by atoms with Crippen LogP contribution >= 0.6 is 0 Å². The van der Waals surface area contributed by atoms with Crippen molar-refractivity contribution in [2.24, 2.45) is 11.8 Å². The topological polar surface area (TPSA) is 87.2 Å². The summed E-state index contributed by atoms with van der Waals surface area (Å²) in [7, 11) is -2.06. The molecule has 4 rings (SSSR count). The summed E-state index contributed by atoms with van der Waals surface area (Å²) in [6.45, 7) is 4.01. The van der Waals surface area contributed by atoms with Gasteiger partial charge in [-0.2, -0.15) is 4.31 Å². The molecule has 1 amide bonds. The summed E-state index contributed by atoms with van der Waals surface area (Å²) in [6, 6.07) is 4.79. The largest absolute Gasteiger partial charge is 0.487 e. The number of aliphatic hydroxyl groups excluding tert-OH is 1. The van der Waals surface area contributed by atoms with E-state index in [0.717, 1.165) is 37.7 Å². The third-order valence-electron chi connectivity index (χ3n) is 7.37. The lowest BCUT2D eigenvalue weighted by atomic mass is 9.93. The Balaban J connectivity index is 1.69. The Labute approximate surface area is 203 Å². The van der Waals surface area contributed by atoms with Crippen molar-refractivity contribution in [3.8, 4) is 5.75 Å². The molecule has 1 N–H and O–H groups in total. The van der Waals surface area contributed by atoms with E-state index in [1.807, 2.05) is 19.1 Å². The Kier molecular flexibility index (Phi) is 7.69. The molecule has 0 spiro atoms. The fourth-order valence-corrected chi connectivity index (χ4v) is 6.67. The van der Waals surface area contributed by atoms with E-state index in [9.17, 15) is 18.3 Å². The first-order valence-electron chi connectivity index (χ1n) is 12.6. The second kappa shape index (κ2) is 10.4. The van der Waals surface area contributed by atoms with Crippen molar-refractivity contribution in [1.82, 2.24) is 9.21 Å². The average Bonchev–Trinajstić information content (AvgIpc) is 3.65. The summed E-state index contributed by atoms with van der Waals surface area (Å²) in [6.07, 6.45) is 8.96. The Hall–Kier alpha value is -1.90. The van der Waals surface area contributed by atoms with Crippen LogP contribution in [-0.2, 0) is 14.8 Å². The molecule has 1 saturated carbocycles. The molecule has 1 fully saturated rings. The van der Waals surface area contributed by atoms with Crippen LogP contribution in [-0.4, -0.2) is 67.5 Å². The zero-order valence-electron chi connectivity index (χ0n) is 20.6. The van der Waals surface area contributed by atoms with Crippen LogP contribution in [0, 0.1) is 11.8 Å². The van der Waals surface area contributed by atoms with Crippen molar-refractivity contribution >= 4 is 21.5 Å². The van der Waals surface area contributed by atoms with Crippen molar-refractivity contribution in [2.45, 2.75) is 75.8 Å². The molecular formula is C26H38N2O5S. The van der Waals surface area contributed by atoms with Gasteiger partial charge in [0.05, 0.1) is 13.2 Å². The zero-order chi connectivity index (χ0) is 24.5. The lowest BCUT2D eigenvalue weighted by Gasteiger charge is -2.37. The highest BCUT2D eigenvalue weighted by atomic mass is 32.2. The van der Waals surface area contributed by atoms with Crippen LogP contribution in [0.5, 0.6) is 5.75 Å². The minimum absolute atomic E-state index is 0.106. The molecule has 0 aromatic heterocycles. The molecule has 1 heterocycles. The van der Waals surface area contributed by atoms with Crippen LogP contribution in [0.3, 0.4) is 0 Å². The van der Waals surface area contributed by atoms with Crippen molar-refractivity contribution in [3.63, 3.8) is 0 Å². The molecule has 188 valence electrons. The molecule has 1 aromatic carbocycles. The number of aliphatic hydroxyl groups is 1. The normalized spacial score (nSPS) is 25.8. The molecule has 3 aliphatic rings. The standard InChI is InChI=1S/C26H38N2O5S/c1-18-15-28(19(2)17-29)34(31,32)25-12-11-22(21-7-5-4-6-8-21)14-23(25)33-24(18)16-27(3)26(30)13-20-9-10-20/h7,11-12,14,18-20,24,29H,4-6,8-10,13,15-17H2,1-3H3/t18-,19-,24+/m0/s1. The number of allylic oxidation sites excluding steroid dienone is 2. The van der Waals surface area contributed by atoms with Crippen molar-refractivity contribution in [3.05, 3.63) is 29.8 Å². The number of likely N-dealkylation sites (N-methyl/N-ethyl adjacent to an activating group) is 1. The number of rotatable bonds is 7. The summed E-state index contributed by atoms with van der Waals surface area (Å²) in [5.41, 5.74) is 2.21. The van der Waals surface area contributed by atoms with Crippen molar-refractivity contribution < 1.29 is 23.1 Å². The number of ether oxygens (including phenoxy) is 1. The minimum Gasteiger partial charge on any atom is -0.487 e. The first-order chi connectivity index (χ1) is 16.2. The second-order valence-corrected chi connectivity index (χ2v) is 12.2. The Bertz CT molecular complexity index is 1030. The number of nitrogens with zero attached hydrogens (tertiary/aromatic N) is 2. The van der Waals surface area contributed by atoms with Gasteiger partial charge in [0.1, 0.15) is 16.7 Å². The van der Waals surface area contributed by atoms with Crippen LogP contribution in [0.4, 0.5) is 0 Å². The number of sulfonamides is 1. The van der Waals surface area contributed by atoms with E-state index in [1.165, 1.54) is 16.3 Å². The number of carbonyl (C=O) groups is 1. The highest BCUT2D eigenvalue weighted by Gasteiger charge is 2.38. The van der Waals surface area contributed by atoms with Gasteiger partial charge in [0, 0.05) is 32.0 Å². The van der Waals surface area contributed by atoms with Gasteiger partial charge >= 0.3 is 0 Å². The molecule has 0 radical (unpaired) electrons. The number of benzene rings is 1. The maximum absolute atomic E-state index is 13.6. The maximum Gasteiger partial charge on any atom is 0.247 e. The van der Waals surface area contributed by atoms with Crippen LogP contribution in [0.2, 0.25) is 0 Å². The SMILES string of the molecule is C[C@H]1CN([C@@H](C)CO)S(=O)(=O)c2ccc(C3=CCCCC3)cc2O[C@@H]1CN(C)C(=O)CC1CC1. The van der Waals surface area contributed by atoms with Crippen LogP contribution in [0.25, 0.3) is 5.57 Å². The smallest absolute Gasteiger partial charge is 0.247 e. The molecule has 8 heteroatoms. The molecule has 1 aliphatic heterocycles. The fourth-order valence-electron chi connectivity index (χ4n) is 4.84. The first-order valence-corrected chi connectivity index (χ1v) is 14.0. The summed E-state index contributed by atoms with van der Waals surface area (Å²) in [5, 5.41) is 9.81. The molecule has 34 heavy (non-hydrogen) atoms. The van der Waals surface area contributed by atoms with E-state index < -0.39 is 16.1 Å². The lowest BCUT2D eigenvalue weighted by Crippen LogP contribution is -2.50. The highest BCUT2D eigenvalue weighted by Crippen LogP contribution is 2.37. The molecule has 0 bridgehead atoms. The molecular weight excluding hydrogens is 452 g/mol. The third-order valence-corrected chi connectivity index (χ3v) is 9.39. The number of hydrogen-bond acceptors (Lipinski definition) is 5. The van der Waals surface area contributed by atoms with E-state index in [0.29, 0.717) is 24.6 Å². The van der Waals surface area contributed by atoms with Gasteiger partial charge in [0.15, 0.2) is 0 Å². The predicted molar refractivity (Wildman–Crippen MR) is 132 cm³/mol. The molecule has 2 aliphatic carbocycles. The maximum atomic E-state index is 13.6. The quantitative estimate of drug-likeness (QED) is 0.630. The van der Waals surface area contributed by atoms with E-state index in [1.54, 1.807) is 24.9 Å².